The monoisotopic (exact) mass is 341 g/mol. The Bertz CT molecular complexity index is 749. The van der Waals surface area contributed by atoms with Gasteiger partial charge in [0.25, 0.3) is 0 Å². The van der Waals surface area contributed by atoms with E-state index in [0.29, 0.717) is 0 Å². The lowest BCUT2D eigenvalue weighted by Crippen LogP contribution is -2.44. The SMILES string of the molecule is CC(=O)N1CCC[C@@H](Nc2ncnc3[nH]cc(CC4CCCC4)c23)C1. The van der Waals surface area contributed by atoms with E-state index in [1.54, 1.807) is 13.3 Å². The van der Waals surface area contributed by atoms with Crippen molar-refractivity contribution in [2.24, 2.45) is 5.92 Å². The van der Waals surface area contributed by atoms with Gasteiger partial charge in [-0.3, -0.25) is 4.79 Å². The van der Waals surface area contributed by atoms with Gasteiger partial charge in [0.1, 0.15) is 17.8 Å². The van der Waals surface area contributed by atoms with Crippen molar-refractivity contribution in [3.05, 3.63) is 18.1 Å². The molecule has 6 heteroatoms. The molecular weight excluding hydrogens is 314 g/mol. The molecule has 2 N–H and O–H groups in total. The van der Waals surface area contributed by atoms with Gasteiger partial charge < -0.3 is 15.2 Å². The summed E-state index contributed by atoms with van der Waals surface area (Å²) >= 11 is 0. The number of anilines is 1. The second kappa shape index (κ2) is 7.02. The number of carbonyl (C=O) groups is 1. The van der Waals surface area contributed by atoms with Gasteiger partial charge in [0.2, 0.25) is 5.91 Å². The van der Waals surface area contributed by atoms with Gasteiger partial charge in [-0.05, 0) is 30.7 Å². The molecule has 1 amide bonds. The number of likely N-dealkylation sites (tertiary alicyclic amines) is 1. The number of aromatic amines is 1. The highest BCUT2D eigenvalue weighted by Crippen LogP contribution is 2.32. The largest absolute Gasteiger partial charge is 0.365 e. The van der Waals surface area contributed by atoms with Gasteiger partial charge in [0, 0.05) is 32.3 Å². The summed E-state index contributed by atoms with van der Waals surface area (Å²) in [5, 5.41) is 4.73. The molecule has 6 nitrogen and oxygen atoms in total. The van der Waals surface area contributed by atoms with Crippen LogP contribution in [0, 0.1) is 5.92 Å². The van der Waals surface area contributed by atoms with E-state index >= 15 is 0 Å². The van der Waals surface area contributed by atoms with Gasteiger partial charge in [0.15, 0.2) is 0 Å². The minimum atomic E-state index is 0.155. The van der Waals surface area contributed by atoms with Crippen LogP contribution in [0.15, 0.2) is 12.5 Å². The van der Waals surface area contributed by atoms with Crippen molar-refractivity contribution in [2.45, 2.75) is 57.9 Å². The van der Waals surface area contributed by atoms with E-state index in [9.17, 15) is 4.79 Å². The molecule has 0 aromatic carbocycles. The van der Waals surface area contributed by atoms with Gasteiger partial charge in [-0.25, -0.2) is 9.97 Å². The summed E-state index contributed by atoms with van der Waals surface area (Å²) in [7, 11) is 0. The number of piperidine rings is 1. The fourth-order valence-corrected chi connectivity index (χ4v) is 4.40. The van der Waals surface area contributed by atoms with Crippen molar-refractivity contribution in [3.63, 3.8) is 0 Å². The van der Waals surface area contributed by atoms with Crippen LogP contribution in [0.3, 0.4) is 0 Å². The minimum absolute atomic E-state index is 0.155. The normalized spacial score (nSPS) is 21.8. The van der Waals surface area contributed by atoms with Crippen molar-refractivity contribution in [2.75, 3.05) is 18.4 Å². The highest BCUT2D eigenvalue weighted by molar-refractivity contribution is 5.90. The van der Waals surface area contributed by atoms with Crippen molar-refractivity contribution >= 4 is 22.8 Å². The molecule has 1 saturated carbocycles. The topological polar surface area (TPSA) is 73.9 Å². The van der Waals surface area contributed by atoms with Crippen LogP contribution >= 0.6 is 0 Å². The number of hydrogen-bond acceptors (Lipinski definition) is 4. The highest BCUT2D eigenvalue weighted by atomic mass is 16.2. The molecule has 4 rings (SSSR count). The number of aromatic nitrogens is 3. The number of amides is 1. The predicted molar refractivity (Wildman–Crippen MR) is 98.4 cm³/mol. The van der Waals surface area contributed by atoms with Gasteiger partial charge in [-0.2, -0.15) is 0 Å². The summed E-state index contributed by atoms with van der Waals surface area (Å²) in [6.45, 7) is 3.27. The molecule has 25 heavy (non-hydrogen) atoms. The summed E-state index contributed by atoms with van der Waals surface area (Å²) in [5.41, 5.74) is 2.23. The Morgan fingerprint density at radius 2 is 2.12 bits per heavy atom. The van der Waals surface area contributed by atoms with E-state index < -0.39 is 0 Å². The van der Waals surface area contributed by atoms with Crippen LogP contribution in [0.1, 0.15) is 51.0 Å². The molecule has 0 bridgehead atoms. The van der Waals surface area contributed by atoms with Crippen LogP contribution < -0.4 is 5.32 Å². The Hall–Kier alpha value is -2.11. The number of nitrogens with zero attached hydrogens (tertiary/aromatic N) is 3. The molecule has 2 aromatic rings. The second-order valence-corrected chi connectivity index (χ2v) is 7.56. The fourth-order valence-electron chi connectivity index (χ4n) is 4.40. The van der Waals surface area contributed by atoms with Crippen molar-refractivity contribution in [3.8, 4) is 0 Å². The molecule has 0 radical (unpaired) electrons. The molecule has 1 aliphatic heterocycles. The summed E-state index contributed by atoms with van der Waals surface area (Å²) in [5.74, 6) is 1.85. The average molecular weight is 341 g/mol. The molecular formula is C19H27N5O. The Labute approximate surface area is 148 Å². The third-order valence-electron chi connectivity index (χ3n) is 5.74. The first-order chi connectivity index (χ1) is 12.2. The summed E-state index contributed by atoms with van der Waals surface area (Å²) in [6, 6.07) is 0.255. The summed E-state index contributed by atoms with van der Waals surface area (Å²) < 4.78 is 0. The van der Waals surface area contributed by atoms with Crippen LogP contribution in [0.4, 0.5) is 5.82 Å². The van der Waals surface area contributed by atoms with Gasteiger partial charge in [-0.1, -0.05) is 25.7 Å². The molecule has 0 unspecified atom stereocenters. The number of H-pyrrole nitrogens is 1. The van der Waals surface area contributed by atoms with Crippen molar-refractivity contribution in [1.82, 2.24) is 19.9 Å². The van der Waals surface area contributed by atoms with Crippen LogP contribution in [0.5, 0.6) is 0 Å². The number of nitrogens with one attached hydrogen (secondary N) is 2. The first-order valence-corrected chi connectivity index (χ1v) is 9.53. The van der Waals surface area contributed by atoms with Crippen molar-refractivity contribution < 1.29 is 4.79 Å². The molecule has 2 fully saturated rings. The van der Waals surface area contributed by atoms with Gasteiger partial charge >= 0.3 is 0 Å². The third-order valence-corrected chi connectivity index (χ3v) is 5.74. The van der Waals surface area contributed by atoms with E-state index in [2.05, 4.69) is 26.5 Å². The Balaban J connectivity index is 1.56. The molecule has 134 valence electrons. The molecule has 0 spiro atoms. The Morgan fingerprint density at radius 1 is 1.28 bits per heavy atom. The predicted octanol–water partition coefficient (Wildman–Crippen LogP) is 3.11. The Kier molecular flexibility index (Phi) is 4.59. The maximum absolute atomic E-state index is 11.7. The molecule has 1 aliphatic carbocycles. The quantitative estimate of drug-likeness (QED) is 0.896. The zero-order valence-corrected chi connectivity index (χ0v) is 14.9. The van der Waals surface area contributed by atoms with E-state index in [0.717, 1.165) is 55.1 Å². The van der Waals surface area contributed by atoms with Gasteiger partial charge in [0.05, 0.1) is 5.39 Å². The van der Waals surface area contributed by atoms with Gasteiger partial charge in [-0.15, -0.1) is 0 Å². The maximum Gasteiger partial charge on any atom is 0.219 e. The van der Waals surface area contributed by atoms with Crippen LogP contribution in [0.2, 0.25) is 0 Å². The smallest absolute Gasteiger partial charge is 0.219 e. The number of carbonyl (C=O) groups excluding carboxylic acids is 1. The molecule has 1 saturated heterocycles. The zero-order valence-electron chi connectivity index (χ0n) is 14.9. The molecule has 1 atom stereocenters. The average Bonchev–Trinajstić information content (AvgIpc) is 3.26. The first kappa shape index (κ1) is 16.4. The lowest BCUT2D eigenvalue weighted by Gasteiger charge is -2.32. The van der Waals surface area contributed by atoms with Crippen LogP contribution in [0.25, 0.3) is 11.0 Å². The zero-order chi connectivity index (χ0) is 17.2. The van der Waals surface area contributed by atoms with E-state index in [-0.39, 0.29) is 11.9 Å². The standard InChI is InChI=1S/C19H27N5O/c1-13(25)24-8-4-7-16(11-24)23-19-17-15(9-14-5-2-3-6-14)10-20-18(17)21-12-22-19/h10,12,14,16H,2-9,11H2,1H3,(H2,20,21,22,23)/t16-/m1/s1. The molecule has 2 aromatic heterocycles. The Morgan fingerprint density at radius 3 is 2.92 bits per heavy atom. The summed E-state index contributed by atoms with van der Waals surface area (Å²) in [4.78, 5) is 25.9. The maximum atomic E-state index is 11.7. The highest BCUT2D eigenvalue weighted by Gasteiger charge is 2.24. The lowest BCUT2D eigenvalue weighted by atomic mass is 9.98. The van der Waals surface area contributed by atoms with Crippen molar-refractivity contribution in [1.29, 1.82) is 0 Å². The van der Waals surface area contributed by atoms with E-state index in [1.165, 1.54) is 31.2 Å². The fraction of sp³-hybridized carbons (Fsp3) is 0.632. The summed E-state index contributed by atoms with van der Waals surface area (Å²) in [6.07, 6.45) is 12.3. The van der Waals surface area contributed by atoms with E-state index in [1.807, 2.05) is 4.90 Å². The molecule has 3 heterocycles. The number of fused-ring (bicyclic) bond motifs is 1. The lowest BCUT2D eigenvalue weighted by molar-refractivity contribution is -0.129. The van der Waals surface area contributed by atoms with Crippen LogP contribution in [-0.4, -0.2) is 44.9 Å². The number of hydrogen-bond donors (Lipinski definition) is 2. The minimum Gasteiger partial charge on any atom is -0.365 e. The third kappa shape index (κ3) is 3.48. The first-order valence-electron chi connectivity index (χ1n) is 9.53. The van der Waals surface area contributed by atoms with Crippen LogP contribution in [-0.2, 0) is 11.2 Å². The second-order valence-electron chi connectivity index (χ2n) is 7.56. The van der Waals surface area contributed by atoms with E-state index in [4.69, 9.17) is 0 Å². The number of rotatable bonds is 4. The molecule has 2 aliphatic rings.